The number of nitrogens with one attached hydrogen (secondary N) is 1. The third kappa shape index (κ3) is 4.01. The minimum Gasteiger partial charge on any atom is -0.497 e. The van der Waals surface area contributed by atoms with Crippen LogP contribution in [0.2, 0.25) is 0 Å². The zero-order valence-electron chi connectivity index (χ0n) is 14.3. The number of halogens is 1. The molecule has 0 atom stereocenters. The van der Waals surface area contributed by atoms with Crippen molar-refractivity contribution < 1.29 is 13.7 Å². The quantitative estimate of drug-likeness (QED) is 0.493. The fraction of sp³-hybridized carbons (Fsp3) is 0.105. The molecule has 6 nitrogen and oxygen atoms in total. The van der Waals surface area contributed by atoms with Crippen molar-refractivity contribution in [1.82, 2.24) is 20.1 Å². The lowest BCUT2D eigenvalue weighted by atomic mass is 10.2. The fourth-order valence-electron chi connectivity index (χ4n) is 2.45. The second kappa shape index (κ2) is 7.63. The number of hydrogen-bond acceptors (Lipinski definition) is 6. The summed E-state index contributed by atoms with van der Waals surface area (Å²) in [4.78, 5) is 11.9. The Hall–Kier alpha value is -3.13. The molecule has 2 aromatic heterocycles. The van der Waals surface area contributed by atoms with Crippen molar-refractivity contribution in [2.75, 3.05) is 7.11 Å². The highest BCUT2D eigenvalue weighted by Gasteiger charge is 2.11. The Morgan fingerprint density at radius 2 is 1.81 bits per heavy atom. The van der Waals surface area contributed by atoms with Crippen LogP contribution in [0.25, 0.3) is 22.6 Å². The van der Waals surface area contributed by atoms with E-state index in [9.17, 15) is 4.39 Å². The van der Waals surface area contributed by atoms with Crippen molar-refractivity contribution in [2.24, 2.45) is 0 Å². The van der Waals surface area contributed by atoms with Gasteiger partial charge in [-0.3, -0.25) is 0 Å². The molecular weight excluding hydrogens is 367 g/mol. The number of hydrogen-bond donors (Lipinski definition) is 1. The van der Waals surface area contributed by atoms with Gasteiger partial charge in [-0.25, -0.2) is 9.37 Å². The molecule has 2 heterocycles. The van der Waals surface area contributed by atoms with E-state index >= 15 is 0 Å². The number of imidazole rings is 1. The molecule has 4 aromatic rings. The molecule has 0 fully saturated rings. The van der Waals surface area contributed by atoms with Gasteiger partial charge in [0.05, 0.1) is 24.8 Å². The lowest BCUT2D eigenvalue weighted by Crippen LogP contribution is -1.85. The summed E-state index contributed by atoms with van der Waals surface area (Å²) in [5.41, 5.74) is 2.55. The normalized spacial score (nSPS) is 10.9. The molecule has 136 valence electrons. The number of nitrogens with zero attached hydrogens (tertiary/aromatic N) is 3. The summed E-state index contributed by atoms with van der Waals surface area (Å²) in [5.74, 6) is 2.02. The zero-order valence-corrected chi connectivity index (χ0v) is 15.2. The van der Waals surface area contributed by atoms with E-state index in [0.717, 1.165) is 27.7 Å². The van der Waals surface area contributed by atoms with Crippen molar-refractivity contribution in [3.8, 4) is 28.4 Å². The van der Waals surface area contributed by atoms with Crippen LogP contribution in [0.1, 0.15) is 5.89 Å². The van der Waals surface area contributed by atoms with E-state index in [2.05, 4.69) is 20.1 Å². The van der Waals surface area contributed by atoms with Crippen molar-refractivity contribution in [3.63, 3.8) is 0 Å². The fourth-order valence-corrected chi connectivity index (χ4v) is 3.14. The number of thioether (sulfide) groups is 1. The lowest BCUT2D eigenvalue weighted by Gasteiger charge is -1.98. The van der Waals surface area contributed by atoms with Gasteiger partial charge in [0.2, 0.25) is 11.7 Å². The van der Waals surface area contributed by atoms with Crippen molar-refractivity contribution in [1.29, 1.82) is 0 Å². The van der Waals surface area contributed by atoms with Crippen molar-refractivity contribution in [3.05, 3.63) is 66.4 Å². The highest BCUT2D eigenvalue weighted by molar-refractivity contribution is 7.98. The molecule has 0 aliphatic carbocycles. The number of methoxy groups -OCH3 is 1. The summed E-state index contributed by atoms with van der Waals surface area (Å²) in [5, 5.41) is 4.73. The van der Waals surface area contributed by atoms with Gasteiger partial charge >= 0.3 is 0 Å². The highest BCUT2D eigenvalue weighted by Crippen LogP contribution is 2.25. The Kier molecular flexibility index (Phi) is 4.88. The predicted molar refractivity (Wildman–Crippen MR) is 99.8 cm³/mol. The van der Waals surface area contributed by atoms with Gasteiger partial charge in [-0.05, 0) is 54.1 Å². The second-order valence-electron chi connectivity index (χ2n) is 5.64. The molecule has 0 spiro atoms. The first-order valence-corrected chi connectivity index (χ1v) is 9.10. The molecule has 0 unspecified atom stereocenters. The van der Waals surface area contributed by atoms with Gasteiger partial charge in [0, 0.05) is 5.56 Å². The molecule has 8 heteroatoms. The lowest BCUT2D eigenvalue weighted by molar-refractivity contribution is 0.391. The Balaban J connectivity index is 1.40. The van der Waals surface area contributed by atoms with E-state index in [-0.39, 0.29) is 5.82 Å². The first-order valence-electron chi connectivity index (χ1n) is 8.12. The summed E-state index contributed by atoms with van der Waals surface area (Å²) < 4.78 is 23.5. The van der Waals surface area contributed by atoms with E-state index in [1.807, 2.05) is 24.3 Å². The number of ether oxygens (including phenoxy) is 1. The van der Waals surface area contributed by atoms with Gasteiger partial charge in [-0.2, -0.15) is 4.98 Å². The summed E-state index contributed by atoms with van der Waals surface area (Å²) in [6, 6.07) is 13.7. The monoisotopic (exact) mass is 382 g/mol. The standard InChI is InChI=1S/C19H15FN4O2S/c1-25-15-8-4-13(5-9-15)18-23-17(26-24-18)11-27-19-21-10-16(22-19)12-2-6-14(20)7-3-12/h2-10H,11H2,1H3,(H,21,22). The average Bonchev–Trinajstić information content (AvgIpc) is 3.37. The van der Waals surface area contributed by atoms with Gasteiger partial charge in [-0.15, -0.1) is 0 Å². The molecule has 0 bridgehead atoms. The van der Waals surface area contributed by atoms with E-state index in [0.29, 0.717) is 17.5 Å². The third-order valence-corrected chi connectivity index (χ3v) is 4.73. The minimum atomic E-state index is -0.267. The first kappa shape index (κ1) is 17.3. The molecule has 0 aliphatic rings. The van der Waals surface area contributed by atoms with Gasteiger partial charge < -0.3 is 14.2 Å². The van der Waals surface area contributed by atoms with Crippen LogP contribution in [0.5, 0.6) is 5.75 Å². The maximum absolute atomic E-state index is 13.0. The molecule has 27 heavy (non-hydrogen) atoms. The first-order chi connectivity index (χ1) is 13.2. The molecule has 0 saturated heterocycles. The molecular formula is C19H15FN4O2S. The van der Waals surface area contributed by atoms with Crippen LogP contribution in [0, 0.1) is 5.82 Å². The Morgan fingerprint density at radius 1 is 1.07 bits per heavy atom. The molecule has 0 radical (unpaired) electrons. The van der Waals surface area contributed by atoms with Crippen LogP contribution in [-0.4, -0.2) is 27.2 Å². The van der Waals surface area contributed by atoms with Crippen LogP contribution in [0.15, 0.2) is 64.4 Å². The summed E-state index contributed by atoms with van der Waals surface area (Å²) >= 11 is 1.45. The smallest absolute Gasteiger partial charge is 0.237 e. The Bertz CT molecular complexity index is 1030. The van der Waals surface area contributed by atoms with E-state index in [1.165, 1.54) is 23.9 Å². The van der Waals surface area contributed by atoms with Gasteiger partial charge in [-0.1, -0.05) is 16.9 Å². The van der Waals surface area contributed by atoms with E-state index < -0.39 is 0 Å². The largest absolute Gasteiger partial charge is 0.497 e. The second-order valence-corrected chi connectivity index (χ2v) is 6.60. The van der Waals surface area contributed by atoms with Gasteiger partial charge in [0.15, 0.2) is 5.16 Å². The molecule has 0 amide bonds. The van der Waals surface area contributed by atoms with Crippen LogP contribution < -0.4 is 4.74 Å². The summed E-state index contributed by atoms with van der Waals surface area (Å²) in [6.45, 7) is 0. The SMILES string of the molecule is COc1ccc(-c2noc(CSc3ncc(-c4ccc(F)cc4)[nH]3)n2)cc1. The van der Waals surface area contributed by atoms with E-state index in [4.69, 9.17) is 9.26 Å². The minimum absolute atomic E-state index is 0.267. The van der Waals surface area contributed by atoms with Gasteiger partial charge in [0.1, 0.15) is 11.6 Å². The van der Waals surface area contributed by atoms with Crippen LogP contribution in [0.3, 0.4) is 0 Å². The average molecular weight is 382 g/mol. The van der Waals surface area contributed by atoms with Crippen LogP contribution in [-0.2, 0) is 5.75 Å². The molecule has 4 rings (SSSR count). The van der Waals surface area contributed by atoms with Crippen molar-refractivity contribution >= 4 is 11.8 Å². The van der Waals surface area contributed by atoms with Crippen LogP contribution >= 0.6 is 11.8 Å². The number of aromatic amines is 1. The summed E-state index contributed by atoms with van der Waals surface area (Å²) in [7, 11) is 1.62. The number of rotatable bonds is 6. The van der Waals surface area contributed by atoms with E-state index in [1.54, 1.807) is 25.4 Å². The topological polar surface area (TPSA) is 76.8 Å². The maximum atomic E-state index is 13.0. The number of benzene rings is 2. The van der Waals surface area contributed by atoms with Crippen molar-refractivity contribution in [2.45, 2.75) is 10.9 Å². The molecule has 0 saturated carbocycles. The summed E-state index contributed by atoms with van der Waals surface area (Å²) in [6.07, 6.45) is 1.71. The molecule has 0 aliphatic heterocycles. The van der Waals surface area contributed by atoms with Crippen LogP contribution in [0.4, 0.5) is 4.39 Å². The zero-order chi connectivity index (χ0) is 18.6. The molecule has 2 aromatic carbocycles. The number of aromatic nitrogens is 4. The predicted octanol–water partition coefficient (Wildman–Crippen LogP) is 4.57. The Labute approximate surface area is 158 Å². The maximum Gasteiger partial charge on any atom is 0.237 e. The third-order valence-electron chi connectivity index (χ3n) is 3.86. The Morgan fingerprint density at radius 3 is 2.56 bits per heavy atom. The molecule has 1 N–H and O–H groups in total. The number of H-pyrrole nitrogens is 1. The van der Waals surface area contributed by atoms with Gasteiger partial charge in [0.25, 0.3) is 0 Å². The highest BCUT2D eigenvalue weighted by atomic mass is 32.2.